The molecule has 180 valence electrons. The molecule has 0 fully saturated rings. The molecular formula is C28H22ClN3O3S. The van der Waals surface area contributed by atoms with Crippen LogP contribution in [-0.4, -0.2) is 16.9 Å². The summed E-state index contributed by atoms with van der Waals surface area (Å²) in [7, 11) is 0. The molecule has 0 saturated carbocycles. The van der Waals surface area contributed by atoms with E-state index in [2.05, 4.69) is 16.0 Å². The average Bonchev–Trinajstić information content (AvgIpc) is 2.88. The van der Waals surface area contributed by atoms with Gasteiger partial charge in [0.05, 0.1) is 10.6 Å². The highest BCUT2D eigenvalue weighted by Gasteiger charge is 2.11. The Morgan fingerprint density at radius 3 is 2.14 bits per heavy atom. The monoisotopic (exact) mass is 515 g/mol. The van der Waals surface area contributed by atoms with Gasteiger partial charge in [-0.1, -0.05) is 60.1 Å². The molecule has 8 heteroatoms. The first-order chi connectivity index (χ1) is 17.5. The van der Waals surface area contributed by atoms with Crippen molar-refractivity contribution in [3.05, 3.63) is 125 Å². The zero-order valence-electron chi connectivity index (χ0n) is 19.0. The average molecular weight is 516 g/mol. The molecule has 0 aromatic heterocycles. The SMILES string of the molecule is O=C(NC(=S)Nc1cccc(NC(=O)c2ccccc2Cl)c1)c1ccc(OCc2ccccc2)cc1. The van der Waals surface area contributed by atoms with E-state index in [0.717, 1.165) is 5.56 Å². The van der Waals surface area contributed by atoms with Gasteiger partial charge in [-0.15, -0.1) is 0 Å². The van der Waals surface area contributed by atoms with Crippen molar-refractivity contribution in [2.75, 3.05) is 10.6 Å². The molecule has 0 spiro atoms. The summed E-state index contributed by atoms with van der Waals surface area (Å²) >= 11 is 11.4. The summed E-state index contributed by atoms with van der Waals surface area (Å²) in [4.78, 5) is 25.1. The van der Waals surface area contributed by atoms with Crippen molar-refractivity contribution in [1.29, 1.82) is 0 Å². The highest BCUT2D eigenvalue weighted by Crippen LogP contribution is 2.20. The maximum atomic E-state index is 12.6. The van der Waals surface area contributed by atoms with Crippen molar-refractivity contribution in [2.45, 2.75) is 6.61 Å². The molecule has 0 heterocycles. The van der Waals surface area contributed by atoms with Crippen molar-refractivity contribution in [2.24, 2.45) is 0 Å². The minimum Gasteiger partial charge on any atom is -0.489 e. The Labute approximate surface area is 219 Å². The molecule has 0 aliphatic heterocycles. The molecular weight excluding hydrogens is 494 g/mol. The Morgan fingerprint density at radius 2 is 1.42 bits per heavy atom. The molecule has 4 rings (SSSR count). The number of ether oxygens (including phenoxy) is 1. The van der Waals surface area contributed by atoms with Crippen LogP contribution in [-0.2, 0) is 6.61 Å². The summed E-state index contributed by atoms with van der Waals surface area (Å²) in [6.45, 7) is 0.443. The quantitative estimate of drug-likeness (QED) is 0.252. The lowest BCUT2D eigenvalue weighted by Crippen LogP contribution is -2.34. The molecule has 0 atom stereocenters. The molecule has 0 aliphatic rings. The molecule has 36 heavy (non-hydrogen) atoms. The zero-order chi connectivity index (χ0) is 25.3. The molecule has 0 bridgehead atoms. The van der Waals surface area contributed by atoms with E-state index >= 15 is 0 Å². The Morgan fingerprint density at radius 1 is 0.750 bits per heavy atom. The smallest absolute Gasteiger partial charge is 0.257 e. The Bertz CT molecular complexity index is 1380. The maximum absolute atomic E-state index is 12.6. The number of hydrogen-bond donors (Lipinski definition) is 3. The molecule has 6 nitrogen and oxygen atoms in total. The summed E-state index contributed by atoms with van der Waals surface area (Å²) in [6.07, 6.45) is 0. The number of halogens is 1. The highest BCUT2D eigenvalue weighted by molar-refractivity contribution is 7.80. The molecule has 0 aliphatic carbocycles. The topological polar surface area (TPSA) is 79.5 Å². The molecule has 0 saturated heterocycles. The van der Waals surface area contributed by atoms with Crippen LogP contribution in [0.15, 0.2) is 103 Å². The van der Waals surface area contributed by atoms with E-state index in [1.165, 1.54) is 0 Å². The number of thiocarbonyl (C=S) groups is 1. The highest BCUT2D eigenvalue weighted by atomic mass is 35.5. The fourth-order valence-electron chi connectivity index (χ4n) is 3.30. The van der Waals surface area contributed by atoms with Crippen molar-refractivity contribution in [1.82, 2.24) is 5.32 Å². The summed E-state index contributed by atoms with van der Waals surface area (Å²) in [5, 5.41) is 8.89. The van der Waals surface area contributed by atoms with Gasteiger partial charge in [-0.05, 0) is 72.4 Å². The van der Waals surface area contributed by atoms with Crippen LogP contribution < -0.4 is 20.7 Å². The van der Waals surface area contributed by atoms with Crippen molar-refractivity contribution < 1.29 is 14.3 Å². The largest absolute Gasteiger partial charge is 0.489 e. The maximum Gasteiger partial charge on any atom is 0.257 e. The first-order valence-electron chi connectivity index (χ1n) is 11.0. The number of rotatable bonds is 7. The van der Waals surface area contributed by atoms with Gasteiger partial charge in [-0.3, -0.25) is 14.9 Å². The van der Waals surface area contributed by atoms with E-state index in [-0.39, 0.29) is 16.9 Å². The summed E-state index contributed by atoms with van der Waals surface area (Å²) in [5.74, 6) is -0.0260. The van der Waals surface area contributed by atoms with Gasteiger partial charge in [0.1, 0.15) is 12.4 Å². The second-order valence-electron chi connectivity index (χ2n) is 7.72. The fourth-order valence-corrected chi connectivity index (χ4v) is 3.73. The lowest BCUT2D eigenvalue weighted by atomic mass is 10.2. The summed E-state index contributed by atoms with van der Waals surface area (Å²) in [6, 6.07) is 30.4. The molecule has 0 unspecified atom stereocenters. The molecule has 0 radical (unpaired) electrons. The van der Waals surface area contributed by atoms with Crippen LogP contribution >= 0.6 is 23.8 Å². The van der Waals surface area contributed by atoms with E-state index in [4.69, 9.17) is 28.6 Å². The van der Waals surface area contributed by atoms with Gasteiger partial charge >= 0.3 is 0 Å². The first kappa shape index (κ1) is 24.9. The summed E-state index contributed by atoms with van der Waals surface area (Å²) < 4.78 is 5.75. The number of anilines is 2. The van der Waals surface area contributed by atoms with Gasteiger partial charge in [0.2, 0.25) is 0 Å². The third-order valence-electron chi connectivity index (χ3n) is 5.09. The van der Waals surface area contributed by atoms with Gasteiger partial charge in [-0.25, -0.2) is 0 Å². The van der Waals surface area contributed by atoms with Crippen LogP contribution in [0.1, 0.15) is 26.3 Å². The second-order valence-corrected chi connectivity index (χ2v) is 8.54. The molecule has 2 amide bonds. The lowest BCUT2D eigenvalue weighted by molar-refractivity contribution is 0.0976. The predicted octanol–water partition coefficient (Wildman–Crippen LogP) is 6.30. The Kier molecular flexibility index (Phi) is 8.28. The Balaban J connectivity index is 1.30. The zero-order valence-corrected chi connectivity index (χ0v) is 20.6. The molecule has 4 aromatic carbocycles. The van der Waals surface area contributed by atoms with Crippen LogP contribution in [0.25, 0.3) is 0 Å². The number of hydrogen-bond acceptors (Lipinski definition) is 4. The molecule has 3 N–H and O–H groups in total. The number of amides is 2. The van der Waals surface area contributed by atoms with Gasteiger partial charge in [-0.2, -0.15) is 0 Å². The van der Waals surface area contributed by atoms with Gasteiger partial charge in [0.25, 0.3) is 11.8 Å². The number of carbonyl (C=O) groups is 2. The van der Waals surface area contributed by atoms with Gasteiger partial charge in [0, 0.05) is 16.9 Å². The van der Waals surface area contributed by atoms with Crippen LogP contribution in [0.3, 0.4) is 0 Å². The number of nitrogens with one attached hydrogen (secondary N) is 3. The number of benzene rings is 4. The summed E-state index contributed by atoms with van der Waals surface area (Å²) in [5.41, 5.74) is 3.01. The third kappa shape index (κ3) is 6.91. The minimum absolute atomic E-state index is 0.124. The van der Waals surface area contributed by atoms with Gasteiger partial charge < -0.3 is 15.4 Å². The van der Waals surface area contributed by atoms with Crippen molar-refractivity contribution >= 4 is 52.1 Å². The van der Waals surface area contributed by atoms with Crippen LogP contribution in [0, 0.1) is 0 Å². The van der Waals surface area contributed by atoms with Crippen LogP contribution in [0.5, 0.6) is 5.75 Å². The number of carbonyl (C=O) groups excluding carboxylic acids is 2. The van der Waals surface area contributed by atoms with E-state index < -0.39 is 0 Å². The van der Waals surface area contributed by atoms with E-state index in [1.807, 2.05) is 30.3 Å². The van der Waals surface area contributed by atoms with Gasteiger partial charge in [0.15, 0.2) is 5.11 Å². The minimum atomic E-state index is -0.356. The van der Waals surface area contributed by atoms with Crippen LogP contribution in [0.4, 0.5) is 11.4 Å². The normalized spacial score (nSPS) is 10.2. The molecule has 4 aromatic rings. The van der Waals surface area contributed by atoms with Crippen LogP contribution in [0.2, 0.25) is 5.02 Å². The predicted molar refractivity (Wildman–Crippen MR) is 147 cm³/mol. The van der Waals surface area contributed by atoms with Crippen molar-refractivity contribution in [3.63, 3.8) is 0 Å². The first-order valence-corrected chi connectivity index (χ1v) is 11.8. The second kappa shape index (κ2) is 12.0. The Hall–Kier alpha value is -4.20. The van der Waals surface area contributed by atoms with E-state index in [1.54, 1.807) is 72.8 Å². The third-order valence-corrected chi connectivity index (χ3v) is 5.62. The van der Waals surface area contributed by atoms with Crippen molar-refractivity contribution in [3.8, 4) is 5.75 Å². The lowest BCUT2D eigenvalue weighted by Gasteiger charge is -2.12. The standard InChI is InChI=1S/C28H22ClN3O3S/c29-25-12-5-4-11-24(25)27(34)30-21-9-6-10-22(17-21)31-28(36)32-26(33)20-13-15-23(16-14-20)35-18-19-7-2-1-3-8-19/h1-17H,18H2,(H,30,34)(H2,31,32,33,36). The van der Waals surface area contributed by atoms with E-state index in [0.29, 0.717) is 39.9 Å². The van der Waals surface area contributed by atoms with E-state index in [9.17, 15) is 9.59 Å². The fraction of sp³-hybridized carbons (Fsp3) is 0.0357.